The second-order valence-corrected chi connectivity index (χ2v) is 7.67. The molecule has 1 aromatic carbocycles. The number of carbonyl (C=O) groups excluding carboxylic acids is 1. The van der Waals surface area contributed by atoms with Gasteiger partial charge in [-0.05, 0) is 56.8 Å². The highest BCUT2D eigenvalue weighted by molar-refractivity contribution is 5.87. The molecule has 1 fully saturated rings. The van der Waals surface area contributed by atoms with Crippen molar-refractivity contribution < 1.29 is 9.53 Å². The lowest BCUT2D eigenvalue weighted by Crippen LogP contribution is -2.41. The normalized spacial score (nSPS) is 16.3. The van der Waals surface area contributed by atoms with Crippen LogP contribution in [-0.2, 0) is 11.3 Å². The lowest BCUT2D eigenvalue weighted by molar-refractivity contribution is -0.127. The third kappa shape index (κ3) is 6.17. The molecule has 1 aliphatic heterocycles. The molecule has 0 unspecified atom stereocenters. The third-order valence-corrected chi connectivity index (χ3v) is 4.98. The van der Waals surface area contributed by atoms with E-state index in [1.807, 2.05) is 30.0 Å². The minimum Gasteiger partial charge on any atom is -0.496 e. The van der Waals surface area contributed by atoms with Crippen LogP contribution in [0.25, 0.3) is 0 Å². The zero-order chi connectivity index (χ0) is 18.9. The highest BCUT2D eigenvalue weighted by atomic mass is 16.5. The number of methoxy groups -OCH3 is 1. The Morgan fingerprint density at radius 1 is 1.31 bits per heavy atom. The highest BCUT2D eigenvalue weighted by Crippen LogP contribution is 2.24. The summed E-state index contributed by atoms with van der Waals surface area (Å²) in [6.45, 7) is 11.1. The zero-order valence-corrected chi connectivity index (χ0v) is 16.8. The molecule has 0 aromatic heterocycles. The summed E-state index contributed by atoms with van der Waals surface area (Å²) in [6, 6.07) is 8.25. The Kier molecular flexibility index (Phi) is 8.17. The molecule has 0 radical (unpaired) electrons. The number of hydrogen-bond donors (Lipinski definition) is 0. The summed E-state index contributed by atoms with van der Waals surface area (Å²) in [4.78, 5) is 16.9. The minimum absolute atomic E-state index is 0.151. The smallest absolute Gasteiger partial charge is 0.246 e. The van der Waals surface area contributed by atoms with Gasteiger partial charge in [-0.25, -0.2) is 0 Å². The molecular formula is C22H34N2O2. The van der Waals surface area contributed by atoms with E-state index in [4.69, 9.17) is 4.74 Å². The fraction of sp³-hybridized carbons (Fsp3) is 0.591. The Morgan fingerprint density at radius 2 is 2.00 bits per heavy atom. The molecule has 0 aliphatic carbocycles. The summed E-state index contributed by atoms with van der Waals surface area (Å²) in [6.07, 6.45) is 5.82. The first-order valence-corrected chi connectivity index (χ1v) is 9.79. The Labute approximate surface area is 158 Å². The van der Waals surface area contributed by atoms with Crippen molar-refractivity contribution in [1.29, 1.82) is 0 Å². The minimum atomic E-state index is 0.151. The maximum Gasteiger partial charge on any atom is 0.246 e. The predicted octanol–water partition coefficient (Wildman–Crippen LogP) is 3.97. The summed E-state index contributed by atoms with van der Waals surface area (Å²) >= 11 is 0. The quantitative estimate of drug-likeness (QED) is 0.659. The van der Waals surface area contributed by atoms with Crippen molar-refractivity contribution in [3.05, 3.63) is 42.0 Å². The molecule has 144 valence electrons. The van der Waals surface area contributed by atoms with Gasteiger partial charge in [0.05, 0.1) is 7.11 Å². The van der Waals surface area contributed by atoms with Crippen molar-refractivity contribution in [3.8, 4) is 5.75 Å². The number of hydrogen-bond acceptors (Lipinski definition) is 3. The van der Waals surface area contributed by atoms with Gasteiger partial charge in [-0.15, -0.1) is 0 Å². The summed E-state index contributed by atoms with van der Waals surface area (Å²) < 4.78 is 5.47. The molecular weight excluding hydrogens is 324 g/mol. The number of para-hydroxylation sites is 1. The van der Waals surface area contributed by atoms with Gasteiger partial charge in [0.2, 0.25) is 5.91 Å². The van der Waals surface area contributed by atoms with Gasteiger partial charge >= 0.3 is 0 Å². The Hall–Kier alpha value is -1.81. The van der Waals surface area contributed by atoms with Crippen molar-refractivity contribution in [2.75, 3.05) is 33.3 Å². The lowest BCUT2D eigenvalue weighted by Gasteiger charge is -2.35. The Bertz CT molecular complexity index is 590. The average Bonchev–Trinajstić information content (AvgIpc) is 2.63. The van der Waals surface area contributed by atoms with Crippen molar-refractivity contribution >= 4 is 5.91 Å². The largest absolute Gasteiger partial charge is 0.496 e. The second-order valence-electron chi connectivity index (χ2n) is 7.67. The van der Waals surface area contributed by atoms with Gasteiger partial charge in [0.15, 0.2) is 0 Å². The molecule has 4 heteroatoms. The van der Waals surface area contributed by atoms with E-state index in [2.05, 4.69) is 30.9 Å². The van der Waals surface area contributed by atoms with Crippen LogP contribution in [0.1, 0.15) is 39.2 Å². The molecule has 2 rings (SSSR count). The van der Waals surface area contributed by atoms with Crippen LogP contribution in [0.4, 0.5) is 0 Å². The van der Waals surface area contributed by atoms with E-state index < -0.39 is 0 Å². The maximum atomic E-state index is 12.3. The summed E-state index contributed by atoms with van der Waals surface area (Å²) in [7, 11) is 1.73. The monoisotopic (exact) mass is 358 g/mol. The van der Waals surface area contributed by atoms with E-state index in [-0.39, 0.29) is 5.91 Å². The number of piperidine rings is 1. The average molecular weight is 359 g/mol. The van der Waals surface area contributed by atoms with Crippen molar-refractivity contribution in [1.82, 2.24) is 9.80 Å². The first kappa shape index (κ1) is 20.5. The van der Waals surface area contributed by atoms with Gasteiger partial charge in [-0.2, -0.15) is 0 Å². The molecule has 1 heterocycles. The molecule has 0 spiro atoms. The van der Waals surface area contributed by atoms with E-state index >= 15 is 0 Å². The number of benzene rings is 1. The van der Waals surface area contributed by atoms with Gasteiger partial charge in [-0.1, -0.05) is 38.1 Å². The molecule has 0 N–H and O–H groups in total. The number of nitrogens with zero attached hydrogens (tertiary/aromatic N) is 2. The van der Waals surface area contributed by atoms with Gasteiger partial charge in [0.25, 0.3) is 0 Å². The van der Waals surface area contributed by atoms with Crippen LogP contribution in [0.2, 0.25) is 0 Å². The maximum absolute atomic E-state index is 12.3. The second kappa shape index (κ2) is 10.4. The van der Waals surface area contributed by atoms with Crippen molar-refractivity contribution in [2.45, 2.75) is 40.2 Å². The lowest BCUT2D eigenvalue weighted by atomic mass is 9.95. The molecule has 1 amide bonds. The molecule has 0 atom stereocenters. The topological polar surface area (TPSA) is 32.8 Å². The molecule has 4 nitrogen and oxygen atoms in total. The number of ether oxygens (including phenoxy) is 1. The van der Waals surface area contributed by atoms with Crippen molar-refractivity contribution in [2.24, 2.45) is 11.8 Å². The third-order valence-electron chi connectivity index (χ3n) is 4.98. The van der Waals surface area contributed by atoms with Gasteiger partial charge in [-0.3, -0.25) is 9.69 Å². The fourth-order valence-corrected chi connectivity index (χ4v) is 3.66. The Balaban J connectivity index is 1.87. The fourth-order valence-electron chi connectivity index (χ4n) is 3.66. The standard InChI is InChI=1S/C22H34N2O2/c1-5-8-22(25)24(15-18(2)3)16-19-11-13-23(14-12-19)17-20-9-6-7-10-21(20)26-4/h5-10,18-19H,11-17H2,1-4H3. The SMILES string of the molecule is CC=CC(=O)N(CC(C)C)CC1CCN(Cc2ccccc2OC)CC1. The number of rotatable bonds is 8. The van der Waals surface area contributed by atoms with Gasteiger partial charge < -0.3 is 9.64 Å². The number of allylic oxidation sites excluding steroid dienone is 1. The summed E-state index contributed by atoms with van der Waals surface area (Å²) in [5.74, 6) is 2.21. The van der Waals surface area contributed by atoms with Crippen LogP contribution in [0.5, 0.6) is 5.75 Å². The first-order chi connectivity index (χ1) is 12.5. The van der Waals surface area contributed by atoms with E-state index in [0.717, 1.165) is 51.3 Å². The van der Waals surface area contributed by atoms with Crippen LogP contribution in [0.15, 0.2) is 36.4 Å². The summed E-state index contributed by atoms with van der Waals surface area (Å²) in [5.41, 5.74) is 1.25. The van der Waals surface area contributed by atoms with Crippen LogP contribution < -0.4 is 4.74 Å². The molecule has 0 saturated carbocycles. The molecule has 1 saturated heterocycles. The van der Waals surface area contributed by atoms with E-state index in [9.17, 15) is 4.79 Å². The first-order valence-electron chi connectivity index (χ1n) is 9.79. The molecule has 26 heavy (non-hydrogen) atoms. The number of amides is 1. The van der Waals surface area contributed by atoms with Crippen LogP contribution in [0, 0.1) is 11.8 Å². The molecule has 0 bridgehead atoms. The number of carbonyl (C=O) groups is 1. The van der Waals surface area contributed by atoms with E-state index in [0.29, 0.717) is 11.8 Å². The number of likely N-dealkylation sites (tertiary alicyclic amines) is 1. The van der Waals surface area contributed by atoms with Crippen LogP contribution in [0.3, 0.4) is 0 Å². The zero-order valence-electron chi connectivity index (χ0n) is 16.8. The molecule has 1 aromatic rings. The van der Waals surface area contributed by atoms with E-state index in [1.54, 1.807) is 13.2 Å². The summed E-state index contributed by atoms with van der Waals surface area (Å²) in [5, 5.41) is 0. The predicted molar refractivity (Wildman–Crippen MR) is 107 cm³/mol. The van der Waals surface area contributed by atoms with Gasteiger partial charge in [0, 0.05) is 25.2 Å². The van der Waals surface area contributed by atoms with Crippen LogP contribution >= 0.6 is 0 Å². The molecule has 1 aliphatic rings. The van der Waals surface area contributed by atoms with E-state index in [1.165, 1.54) is 5.56 Å². The van der Waals surface area contributed by atoms with Crippen molar-refractivity contribution in [3.63, 3.8) is 0 Å². The highest BCUT2D eigenvalue weighted by Gasteiger charge is 2.24. The van der Waals surface area contributed by atoms with Gasteiger partial charge in [0.1, 0.15) is 5.75 Å². The van der Waals surface area contributed by atoms with Crippen LogP contribution in [-0.4, -0.2) is 49.0 Å². The Morgan fingerprint density at radius 3 is 2.62 bits per heavy atom.